The molecule has 0 radical (unpaired) electrons. The molecular formula is C13H15ClN4O3. The Morgan fingerprint density at radius 3 is 2.33 bits per heavy atom. The van der Waals surface area contributed by atoms with Gasteiger partial charge in [-0.05, 0) is 24.6 Å². The van der Waals surface area contributed by atoms with Crippen LogP contribution in [0.1, 0.15) is 6.92 Å². The molecule has 0 amide bonds. The lowest BCUT2D eigenvalue weighted by atomic mass is 10.1. The number of anilines is 2. The summed E-state index contributed by atoms with van der Waals surface area (Å²) >= 11 is 5.84. The zero-order valence-electron chi connectivity index (χ0n) is 11.2. The summed E-state index contributed by atoms with van der Waals surface area (Å²) in [7, 11) is 0. The Bertz CT molecular complexity index is 634. The standard InChI is InChI=1S/C13H15ClN4O3/c1-6(19)12(20)21-11-9(10(15)17-13(16)18-11)7-2-4-8(14)5-3-7/h2-6,12,19-20H,1H3,(H4,15,16,17,18)/t6-,12-/m0/s1. The molecule has 0 spiro atoms. The average molecular weight is 311 g/mol. The van der Waals surface area contributed by atoms with E-state index in [1.54, 1.807) is 24.3 Å². The fourth-order valence-electron chi connectivity index (χ4n) is 1.66. The lowest BCUT2D eigenvalue weighted by Gasteiger charge is -2.18. The minimum absolute atomic E-state index is 0.0178. The molecule has 2 atom stereocenters. The lowest BCUT2D eigenvalue weighted by Crippen LogP contribution is -2.29. The summed E-state index contributed by atoms with van der Waals surface area (Å²) in [6.45, 7) is 1.38. The Labute approximate surface area is 126 Å². The quantitative estimate of drug-likeness (QED) is 0.621. The Balaban J connectivity index is 2.50. The van der Waals surface area contributed by atoms with Gasteiger partial charge in [-0.1, -0.05) is 23.7 Å². The van der Waals surface area contributed by atoms with Gasteiger partial charge in [0.25, 0.3) is 0 Å². The molecule has 1 heterocycles. The van der Waals surface area contributed by atoms with Crippen LogP contribution in [0, 0.1) is 0 Å². The highest BCUT2D eigenvalue weighted by atomic mass is 35.5. The highest BCUT2D eigenvalue weighted by molar-refractivity contribution is 6.30. The van der Waals surface area contributed by atoms with E-state index in [2.05, 4.69) is 9.97 Å². The molecule has 1 aromatic heterocycles. The van der Waals surface area contributed by atoms with Crippen molar-refractivity contribution in [1.29, 1.82) is 0 Å². The zero-order valence-corrected chi connectivity index (χ0v) is 11.9. The number of aromatic nitrogens is 2. The van der Waals surface area contributed by atoms with Gasteiger partial charge in [-0.15, -0.1) is 0 Å². The van der Waals surface area contributed by atoms with Crippen molar-refractivity contribution in [3.05, 3.63) is 29.3 Å². The van der Waals surface area contributed by atoms with Gasteiger partial charge in [-0.3, -0.25) is 0 Å². The molecular weight excluding hydrogens is 296 g/mol. The first-order chi connectivity index (χ1) is 9.88. The van der Waals surface area contributed by atoms with Crippen LogP contribution >= 0.6 is 11.6 Å². The fraction of sp³-hybridized carbons (Fsp3) is 0.231. The number of nitrogens with zero attached hydrogens (tertiary/aromatic N) is 2. The number of benzene rings is 1. The molecule has 2 aromatic rings. The normalized spacial score (nSPS) is 13.7. The summed E-state index contributed by atoms with van der Waals surface area (Å²) in [5, 5.41) is 19.5. The van der Waals surface area contributed by atoms with Gasteiger partial charge in [0.2, 0.25) is 18.1 Å². The molecule has 0 aliphatic heterocycles. The van der Waals surface area contributed by atoms with Crippen molar-refractivity contribution in [2.75, 3.05) is 11.5 Å². The third kappa shape index (κ3) is 3.52. The number of hydrogen-bond donors (Lipinski definition) is 4. The van der Waals surface area contributed by atoms with E-state index in [-0.39, 0.29) is 17.6 Å². The van der Waals surface area contributed by atoms with E-state index in [0.29, 0.717) is 16.1 Å². The Morgan fingerprint density at radius 1 is 1.14 bits per heavy atom. The monoisotopic (exact) mass is 310 g/mol. The van der Waals surface area contributed by atoms with Crippen molar-refractivity contribution in [3.63, 3.8) is 0 Å². The second-order valence-electron chi connectivity index (χ2n) is 4.40. The van der Waals surface area contributed by atoms with Crippen LogP contribution in [0.15, 0.2) is 24.3 Å². The van der Waals surface area contributed by atoms with Crippen molar-refractivity contribution in [3.8, 4) is 17.0 Å². The third-order valence-electron chi connectivity index (χ3n) is 2.70. The first kappa shape index (κ1) is 15.3. The summed E-state index contributed by atoms with van der Waals surface area (Å²) in [5.74, 6) is -0.0219. The number of halogens is 1. The maximum Gasteiger partial charge on any atom is 0.230 e. The Hall–Kier alpha value is -2.09. The Kier molecular flexibility index (Phi) is 4.46. The number of aliphatic hydroxyl groups is 2. The molecule has 1 aromatic carbocycles. The van der Waals surface area contributed by atoms with Gasteiger partial charge in [0.05, 0.1) is 5.56 Å². The number of hydrogen-bond acceptors (Lipinski definition) is 7. The van der Waals surface area contributed by atoms with Crippen LogP contribution < -0.4 is 16.2 Å². The topological polar surface area (TPSA) is 128 Å². The summed E-state index contributed by atoms with van der Waals surface area (Å²) in [4.78, 5) is 7.79. The van der Waals surface area contributed by atoms with Gasteiger partial charge < -0.3 is 26.4 Å². The second-order valence-corrected chi connectivity index (χ2v) is 4.84. The molecule has 7 nitrogen and oxygen atoms in total. The van der Waals surface area contributed by atoms with Crippen molar-refractivity contribution in [1.82, 2.24) is 9.97 Å². The van der Waals surface area contributed by atoms with Crippen LogP contribution in [0.5, 0.6) is 5.88 Å². The highest BCUT2D eigenvalue weighted by Gasteiger charge is 2.20. The lowest BCUT2D eigenvalue weighted by molar-refractivity contribution is -0.0976. The molecule has 0 aliphatic carbocycles. The minimum Gasteiger partial charge on any atom is -0.444 e. The van der Waals surface area contributed by atoms with Crippen LogP contribution in [0.4, 0.5) is 11.8 Å². The molecule has 2 rings (SSSR count). The van der Waals surface area contributed by atoms with E-state index in [0.717, 1.165) is 0 Å². The SMILES string of the molecule is C[C@H](O)[C@@H](O)Oc1nc(N)nc(N)c1-c1ccc(Cl)cc1. The minimum atomic E-state index is -1.47. The van der Waals surface area contributed by atoms with E-state index in [9.17, 15) is 10.2 Å². The molecule has 0 unspecified atom stereocenters. The summed E-state index contributed by atoms with van der Waals surface area (Å²) in [5.41, 5.74) is 12.4. The van der Waals surface area contributed by atoms with Gasteiger partial charge in [0.15, 0.2) is 0 Å². The highest BCUT2D eigenvalue weighted by Crippen LogP contribution is 2.34. The zero-order chi connectivity index (χ0) is 15.6. The second kappa shape index (κ2) is 6.13. The van der Waals surface area contributed by atoms with Crippen LogP contribution in [-0.4, -0.2) is 32.6 Å². The van der Waals surface area contributed by atoms with E-state index < -0.39 is 12.4 Å². The van der Waals surface area contributed by atoms with E-state index in [1.165, 1.54) is 6.92 Å². The number of nitrogen functional groups attached to an aromatic ring is 2. The van der Waals surface area contributed by atoms with Gasteiger partial charge >= 0.3 is 0 Å². The summed E-state index contributed by atoms with van der Waals surface area (Å²) < 4.78 is 5.21. The van der Waals surface area contributed by atoms with Crippen molar-refractivity contribution >= 4 is 23.4 Å². The van der Waals surface area contributed by atoms with Crippen molar-refractivity contribution in [2.24, 2.45) is 0 Å². The number of rotatable bonds is 4. The average Bonchev–Trinajstić information content (AvgIpc) is 2.39. The van der Waals surface area contributed by atoms with Gasteiger partial charge in [0, 0.05) is 5.02 Å². The number of nitrogens with two attached hydrogens (primary N) is 2. The largest absolute Gasteiger partial charge is 0.444 e. The maximum absolute atomic E-state index is 9.64. The molecule has 0 aliphatic rings. The molecule has 6 N–H and O–H groups in total. The fourth-order valence-corrected chi connectivity index (χ4v) is 1.79. The van der Waals surface area contributed by atoms with Crippen molar-refractivity contribution in [2.45, 2.75) is 19.3 Å². The van der Waals surface area contributed by atoms with Crippen molar-refractivity contribution < 1.29 is 14.9 Å². The predicted octanol–water partition coefficient (Wildman–Crippen LogP) is 1.04. The summed E-state index contributed by atoms with van der Waals surface area (Å²) in [6.07, 6.45) is -2.58. The smallest absolute Gasteiger partial charge is 0.230 e. The van der Waals surface area contributed by atoms with Crippen LogP contribution in [0.3, 0.4) is 0 Å². The summed E-state index contributed by atoms with van der Waals surface area (Å²) in [6, 6.07) is 6.74. The van der Waals surface area contributed by atoms with Crippen LogP contribution in [-0.2, 0) is 0 Å². The van der Waals surface area contributed by atoms with E-state index in [1.807, 2.05) is 0 Å². The Morgan fingerprint density at radius 2 is 1.76 bits per heavy atom. The first-order valence-electron chi connectivity index (χ1n) is 6.10. The molecule has 8 heteroatoms. The molecule has 21 heavy (non-hydrogen) atoms. The molecule has 0 bridgehead atoms. The van der Waals surface area contributed by atoms with E-state index in [4.69, 9.17) is 27.8 Å². The van der Waals surface area contributed by atoms with Gasteiger partial charge in [-0.2, -0.15) is 9.97 Å². The van der Waals surface area contributed by atoms with E-state index >= 15 is 0 Å². The molecule has 112 valence electrons. The molecule has 0 fully saturated rings. The number of aliphatic hydroxyl groups excluding tert-OH is 2. The van der Waals surface area contributed by atoms with Gasteiger partial charge in [0.1, 0.15) is 11.9 Å². The third-order valence-corrected chi connectivity index (χ3v) is 2.95. The predicted molar refractivity (Wildman–Crippen MR) is 79.6 cm³/mol. The number of ether oxygens (including phenoxy) is 1. The maximum atomic E-state index is 9.64. The molecule has 0 saturated heterocycles. The first-order valence-corrected chi connectivity index (χ1v) is 6.48. The molecule has 0 saturated carbocycles. The van der Waals surface area contributed by atoms with Crippen LogP contribution in [0.2, 0.25) is 5.02 Å². The van der Waals surface area contributed by atoms with Crippen LogP contribution in [0.25, 0.3) is 11.1 Å². The van der Waals surface area contributed by atoms with Gasteiger partial charge in [-0.25, -0.2) is 0 Å².